The van der Waals surface area contributed by atoms with E-state index in [9.17, 15) is 9.59 Å². The number of rotatable bonds is 4. The van der Waals surface area contributed by atoms with Gasteiger partial charge in [0.25, 0.3) is 0 Å². The third kappa shape index (κ3) is 3.06. The highest BCUT2D eigenvalue weighted by Crippen LogP contribution is 2.26. The van der Waals surface area contributed by atoms with E-state index >= 15 is 0 Å². The van der Waals surface area contributed by atoms with Crippen molar-refractivity contribution in [1.29, 1.82) is 0 Å². The molecule has 0 spiro atoms. The summed E-state index contributed by atoms with van der Waals surface area (Å²) in [6, 6.07) is 3.33. The van der Waals surface area contributed by atoms with Crippen LogP contribution in [0.25, 0.3) is 0 Å². The second-order valence-electron chi connectivity index (χ2n) is 2.94. The van der Waals surface area contributed by atoms with Crippen LogP contribution < -0.4 is 4.74 Å². The molecule has 15 heavy (non-hydrogen) atoms. The maximum Gasteiger partial charge on any atom is 0.341 e. The van der Waals surface area contributed by atoms with Gasteiger partial charge in [-0.1, -0.05) is 15.9 Å². The molecule has 1 N–H and O–H groups in total. The number of aldehydes is 1. The standard InChI is InChI=1S/C10H9BrO4/c1-6-2-8(11)3-7(4-12)10(6)15-5-9(13)14/h2-4H,5H2,1H3,(H,13,14). The molecule has 4 nitrogen and oxygen atoms in total. The topological polar surface area (TPSA) is 63.6 Å². The highest BCUT2D eigenvalue weighted by Gasteiger charge is 2.09. The highest BCUT2D eigenvalue weighted by atomic mass is 79.9. The molecule has 0 saturated heterocycles. The normalized spacial score (nSPS) is 9.73. The Kier molecular flexibility index (Phi) is 3.85. The fourth-order valence-corrected chi connectivity index (χ4v) is 1.76. The van der Waals surface area contributed by atoms with E-state index in [1.54, 1.807) is 19.1 Å². The molecule has 0 unspecified atom stereocenters. The molecule has 0 fully saturated rings. The Hall–Kier alpha value is -1.36. The maximum atomic E-state index is 10.7. The van der Waals surface area contributed by atoms with Crippen molar-refractivity contribution in [3.63, 3.8) is 0 Å². The molecule has 0 aliphatic heterocycles. The Morgan fingerprint density at radius 3 is 2.80 bits per heavy atom. The van der Waals surface area contributed by atoms with Crippen LogP contribution in [0.5, 0.6) is 5.75 Å². The van der Waals surface area contributed by atoms with Gasteiger partial charge in [0.2, 0.25) is 0 Å². The third-order valence-corrected chi connectivity index (χ3v) is 2.19. The Morgan fingerprint density at radius 2 is 2.27 bits per heavy atom. The van der Waals surface area contributed by atoms with Crippen LogP contribution in [0.3, 0.4) is 0 Å². The van der Waals surface area contributed by atoms with Gasteiger partial charge in [0.05, 0.1) is 5.56 Å². The molecule has 0 aromatic heterocycles. The minimum Gasteiger partial charge on any atom is -0.481 e. The first kappa shape index (κ1) is 11.7. The van der Waals surface area contributed by atoms with Crippen molar-refractivity contribution >= 4 is 28.2 Å². The molecule has 0 amide bonds. The highest BCUT2D eigenvalue weighted by molar-refractivity contribution is 9.10. The molecule has 0 atom stereocenters. The van der Waals surface area contributed by atoms with Gasteiger partial charge in [0.1, 0.15) is 5.75 Å². The van der Waals surface area contributed by atoms with Crippen molar-refractivity contribution in [2.24, 2.45) is 0 Å². The molecule has 1 aromatic rings. The van der Waals surface area contributed by atoms with Crippen LogP contribution in [0.4, 0.5) is 0 Å². The summed E-state index contributed by atoms with van der Waals surface area (Å²) in [4.78, 5) is 21.1. The zero-order chi connectivity index (χ0) is 11.4. The van der Waals surface area contributed by atoms with E-state index in [1.165, 1.54) is 0 Å². The van der Waals surface area contributed by atoms with Crippen LogP contribution >= 0.6 is 15.9 Å². The Labute approximate surface area is 95.0 Å². The fraction of sp³-hybridized carbons (Fsp3) is 0.200. The smallest absolute Gasteiger partial charge is 0.341 e. The summed E-state index contributed by atoms with van der Waals surface area (Å²) in [7, 11) is 0. The minimum absolute atomic E-state index is 0.315. The molecule has 5 heteroatoms. The fourth-order valence-electron chi connectivity index (χ4n) is 1.17. The second-order valence-corrected chi connectivity index (χ2v) is 3.86. The first-order valence-corrected chi connectivity index (χ1v) is 4.94. The van der Waals surface area contributed by atoms with E-state index in [1.807, 2.05) is 0 Å². The van der Waals surface area contributed by atoms with E-state index in [0.717, 1.165) is 4.47 Å². The van der Waals surface area contributed by atoms with Crippen LogP contribution in [-0.2, 0) is 4.79 Å². The molecule has 1 aromatic carbocycles. The van der Waals surface area contributed by atoms with Crippen molar-refractivity contribution in [3.05, 3.63) is 27.7 Å². The third-order valence-electron chi connectivity index (χ3n) is 1.74. The Bertz CT molecular complexity index is 401. The lowest BCUT2D eigenvalue weighted by Gasteiger charge is -2.09. The average Bonchev–Trinajstić information content (AvgIpc) is 2.14. The number of carbonyl (C=O) groups excluding carboxylic acids is 1. The van der Waals surface area contributed by atoms with Crippen LogP contribution in [0.15, 0.2) is 16.6 Å². The summed E-state index contributed by atoms with van der Waals surface area (Å²) < 4.78 is 5.78. The molecule has 0 aliphatic carbocycles. The molecular weight excluding hydrogens is 264 g/mol. The van der Waals surface area contributed by atoms with Crippen molar-refractivity contribution in [3.8, 4) is 5.75 Å². The van der Waals surface area contributed by atoms with Crippen molar-refractivity contribution in [1.82, 2.24) is 0 Å². The molecule has 0 saturated carbocycles. The molecule has 80 valence electrons. The second kappa shape index (κ2) is 4.93. The van der Waals surface area contributed by atoms with Gasteiger partial charge in [-0.05, 0) is 24.6 Å². The first-order chi connectivity index (χ1) is 7.04. The molecule has 0 radical (unpaired) electrons. The zero-order valence-corrected chi connectivity index (χ0v) is 9.58. The number of carboxylic acid groups (broad SMARTS) is 1. The number of halogens is 1. The number of carboxylic acids is 1. The Morgan fingerprint density at radius 1 is 1.60 bits per heavy atom. The van der Waals surface area contributed by atoms with Gasteiger partial charge in [0.15, 0.2) is 12.9 Å². The maximum absolute atomic E-state index is 10.7. The zero-order valence-electron chi connectivity index (χ0n) is 7.99. The van der Waals surface area contributed by atoms with Crippen molar-refractivity contribution in [2.75, 3.05) is 6.61 Å². The molecule has 0 aliphatic rings. The van der Waals surface area contributed by atoms with Gasteiger partial charge >= 0.3 is 5.97 Å². The van der Waals surface area contributed by atoms with Crippen LogP contribution in [0.2, 0.25) is 0 Å². The van der Waals surface area contributed by atoms with Gasteiger partial charge in [-0.2, -0.15) is 0 Å². The largest absolute Gasteiger partial charge is 0.481 e. The van der Waals surface area contributed by atoms with E-state index in [2.05, 4.69) is 15.9 Å². The van der Waals surface area contributed by atoms with Crippen molar-refractivity contribution in [2.45, 2.75) is 6.92 Å². The number of aliphatic carboxylic acids is 1. The van der Waals surface area contributed by atoms with E-state index < -0.39 is 12.6 Å². The monoisotopic (exact) mass is 272 g/mol. The first-order valence-electron chi connectivity index (χ1n) is 4.14. The van der Waals surface area contributed by atoms with Crippen LogP contribution in [0.1, 0.15) is 15.9 Å². The number of hydrogen-bond donors (Lipinski definition) is 1. The minimum atomic E-state index is -1.07. The number of hydrogen-bond acceptors (Lipinski definition) is 3. The van der Waals surface area contributed by atoms with Gasteiger partial charge in [-0.25, -0.2) is 4.79 Å². The van der Waals surface area contributed by atoms with E-state index in [0.29, 0.717) is 23.2 Å². The predicted octanol–water partition coefficient (Wildman–Crippen LogP) is 2.03. The molecule has 1 rings (SSSR count). The lowest BCUT2D eigenvalue weighted by molar-refractivity contribution is -0.139. The number of ether oxygens (including phenoxy) is 1. The van der Waals surface area contributed by atoms with Crippen LogP contribution in [0, 0.1) is 6.92 Å². The molecular formula is C10H9BrO4. The summed E-state index contributed by atoms with van der Waals surface area (Å²) >= 11 is 3.24. The summed E-state index contributed by atoms with van der Waals surface area (Å²) in [5.74, 6) is -0.759. The van der Waals surface area contributed by atoms with Gasteiger partial charge in [-0.15, -0.1) is 0 Å². The van der Waals surface area contributed by atoms with E-state index in [4.69, 9.17) is 9.84 Å². The predicted molar refractivity (Wildman–Crippen MR) is 57.4 cm³/mol. The van der Waals surface area contributed by atoms with Crippen molar-refractivity contribution < 1.29 is 19.4 Å². The molecule has 0 heterocycles. The average molecular weight is 273 g/mol. The van der Waals surface area contributed by atoms with Gasteiger partial charge in [-0.3, -0.25) is 4.79 Å². The number of carbonyl (C=O) groups is 2. The molecule has 0 bridgehead atoms. The van der Waals surface area contributed by atoms with Crippen LogP contribution in [-0.4, -0.2) is 24.0 Å². The SMILES string of the molecule is Cc1cc(Br)cc(C=O)c1OCC(=O)O. The number of aryl methyl sites for hydroxylation is 1. The number of benzene rings is 1. The summed E-state index contributed by atoms with van der Waals surface area (Å²) in [6.07, 6.45) is 0.634. The van der Waals surface area contributed by atoms with Gasteiger partial charge < -0.3 is 9.84 Å². The van der Waals surface area contributed by atoms with E-state index in [-0.39, 0.29) is 0 Å². The van der Waals surface area contributed by atoms with Gasteiger partial charge in [0, 0.05) is 4.47 Å². The lowest BCUT2D eigenvalue weighted by atomic mass is 10.1. The Balaban J connectivity index is 3.04. The quantitative estimate of drug-likeness (QED) is 0.852. The summed E-state index contributed by atoms with van der Waals surface area (Å²) in [5.41, 5.74) is 1.05. The lowest BCUT2D eigenvalue weighted by Crippen LogP contribution is -2.11. The summed E-state index contributed by atoms with van der Waals surface area (Å²) in [6.45, 7) is 1.29. The summed E-state index contributed by atoms with van der Waals surface area (Å²) in [5, 5.41) is 8.46.